The standard InChI is InChI=1S/C16H18Cl5NO3/c17-5-6-22-25-8-3-1-2-7-24-16-13(18)10-12(11-14(16)19)23-9-4-15(20)21/h4-6,10-11,22H,1-3,7-9H2. The van der Waals surface area contributed by atoms with Gasteiger partial charge in [-0.25, -0.2) is 0 Å². The summed E-state index contributed by atoms with van der Waals surface area (Å²) in [6, 6.07) is 3.26. The Balaban J connectivity index is 2.32. The predicted molar refractivity (Wildman–Crippen MR) is 105 cm³/mol. The van der Waals surface area contributed by atoms with Crippen LogP contribution in [-0.2, 0) is 4.84 Å². The van der Waals surface area contributed by atoms with E-state index in [4.69, 9.17) is 72.3 Å². The highest BCUT2D eigenvalue weighted by atomic mass is 35.5. The number of unbranched alkanes of at least 4 members (excludes halogenated alkanes) is 2. The summed E-state index contributed by atoms with van der Waals surface area (Å²) in [5.41, 5.74) is 3.92. The number of hydrogen-bond donors (Lipinski definition) is 1. The minimum atomic E-state index is 0.133. The fraction of sp³-hybridized carbons (Fsp3) is 0.375. The van der Waals surface area contributed by atoms with Gasteiger partial charge in [-0.05, 0) is 25.3 Å². The molecule has 9 heteroatoms. The summed E-state index contributed by atoms with van der Waals surface area (Å²) >= 11 is 28.7. The lowest BCUT2D eigenvalue weighted by Gasteiger charge is -2.12. The zero-order chi connectivity index (χ0) is 18.5. The highest BCUT2D eigenvalue weighted by molar-refractivity contribution is 6.55. The van der Waals surface area contributed by atoms with Crippen molar-refractivity contribution in [3.63, 3.8) is 0 Å². The van der Waals surface area contributed by atoms with Crippen molar-refractivity contribution in [2.75, 3.05) is 19.8 Å². The maximum absolute atomic E-state index is 6.18. The molecule has 0 radical (unpaired) electrons. The van der Waals surface area contributed by atoms with Crippen LogP contribution < -0.4 is 15.0 Å². The second-order valence-corrected chi connectivity index (χ2v) is 6.76. The van der Waals surface area contributed by atoms with Crippen molar-refractivity contribution >= 4 is 58.0 Å². The number of ether oxygens (including phenoxy) is 2. The first kappa shape index (κ1) is 22.6. The molecule has 4 nitrogen and oxygen atoms in total. The normalized spacial score (nSPS) is 10.8. The van der Waals surface area contributed by atoms with Gasteiger partial charge in [-0.15, -0.1) is 0 Å². The van der Waals surface area contributed by atoms with Crippen LogP contribution in [0.1, 0.15) is 19.3 Å². The average Bonchev–Trinajstić information content (AvgIpc) is 2.55. The van der Waals surface area contributed by atoms with Crippen molar-refractivity contribution in [3.8, 4) is 11.5 Å². The minimum Gasteiger partial charge on any atom is -0.490 e. The molecule has 0 aliphatic carbocycles. The van der Waals surface area contributed by atoms with E-state index < -0.39 is 0 Å². The van der Waals surface area contributed by atoms with Crippen LogP contribution in [0, 0.1) is 0 Å². The maximum Gasteiger partial charge on any atom is 0.156 e. The molecule has 0 saturated carbocycles. The Morgan fingerprint density at radius 1 is 1.00 bits per heavy atom. The fourth-order valence-corrected chi connectivity index (χ4v) is 2.47. The van der Waals surface area contributed by atoms with Gasteiger partial charge >= 0.3 is 0 Å². The third-order valence-electron chi connectivity index (χ3n) is 2.81. The van der Waals surface area contributed by atoms with Crippen LogP contribution in [0.2, 0.25) is 10.0 Å². The third kappa shape index (κ3) is 10.3. The van der Waals surface area contributed by atoms with E-state index >= 15 is 0 Å². The minimum absolute atomic E-state index is 0.133. The van der Waals surface area contributed by atoms with Gasteiger partial charge in [-0.1, -0.05) is 58.0 Å². The summed E-state index contributed by atoms with van der Waals surface area (Å²) in [6.07, 6.45) is 5.69. The molecule has 0 fully saturated rings. The first-order valence-electron chi connectivity index (χ1n) is 7.43. The Labute approximate surface area is 172 Å². The van der Waals surface area contributed by atoms with Crippen LogP contribution in [0.3, 0.4) is 0 Å². The summed E-state index contributed by atoms with van der Waals surface area (Å²) in [5.74, 6) is 0.940. The van der Waals surface area contributed by atoms with Gasteiger partial charge in [0.05, 0.1) is 23.3 Å². The molecule has 0 aliphatic heterocycles. The molecular formula is C16H18Cl5NO3. The quantitative estimate of drug-likeness (QED) is 0.293. The van der Waals surface area contributed by atoms with Crippen LogP contribution in [0.25, 0.3) is 0 Å². The van der Waals surface area contributed by atoms with E-state index in [9.17, 15) is 0 Å². The van der Waals surface area contributed by atoms with Gasteiger partial charge in [0.2, 0.25) is 0 Å². The third-order valence-corrected chi connectivity index (χ3v) is 3.81. The highest BCUT2D eigenvalue weighted by Crippen LogP contribution is 2.37. The molecule has 1 N–H and O–H groups in total. The Hall–Kier alpha value is -0.490. The second-order valence-electron chi connectivity index (χ2n) is 4.69. The summed E-state index contributed by atoms with van der Waals surface area (Å²) in [5, 5.41) is 0.757. The van der Waals surface area contributed by atoms with Gasteiger partial charge in [0.15, 0.2) is 5.75 Å². The Morgan fingerprint density at radius 3 is 2.32 bits per heavy atom. The first-order chi connectivity index (χ1) is 12.0. The Bertz CT molecular complexity index is 554. The lowest BCUT2D eigenvalue weighted by atomic mass is 10.2. The molecule has 0 spiro atoms. The van der Waals surface area contributed by atoms with Crippen LogP contribution >= 0.6 is 58.0 Å². The first-order valence-corrected chi connectivity index (χ1v) is 9.37. The van der Waals surface area contributed by atoms with Crippen molar-refractivity contribution < 1.29 is 14.3 Å². The summed E-state index contributed by atoms with van der Waals surface area (Å²) in [4.78, 5) is 5.10. The largest absolute Gasteiger partial charge is 0.490 e. The molecule has 1 rings (SSSR count). The molecule has 0 heterocycles. The van der Waals surface area contributed by atoms with Crippen molar-refractivity contribution in [3.05, 3.63) is 44.5 Å². The summed E-state index contributed by atoms with van der Waals surface area (Å²) in [6.45, 7) is 1.29. The molecule has 0 aromatic heterocycles. The van der Waals surface area contributed by atoms with Crippen molar-refractivity contribution in [2.24, 2.45) is 0 Å². The maximum atomic E-state index is 6.18. The predicted octanol–water partition coefficient (Wildman–Crippen LogP) is 6.47. The topological polar surface area (TPSA) is 39.7 Å². The molecule has 0 bridgehead atoms. The van der Waals surface area contributed by atoms with Gasteiger partial charge in [-0.2, -0.15) is 0 Å². The van der Waals surface area contributed by atoms with Crippen LogP contribution in [0.5, 0.6) is 11.5 Å². The molecule has 140 valence electrons. The van der Waals surface area contributed by atoms with E-state index in [0.29, 0.717) is 34.8 Å². The van der Waals surface area contributed by atoms with E-state index in [-0.39, 0.29) is 11.1 Å². The van der Waals surface area contributed by atoms with E-state index in [2.05, 4.69) is 5.48 Å². The lowest BCUT2D eigenvalue weighted by Crippen LogP contribution is -2.07. The number of benzene rings is 1. The van der Waals surface area contributed by atoms with E-state index in [1.807, 2.05) is 0 Å². The van der Waals surface area contributed by atoms with Gasteiger partial charge in [0.1, 0.15) is 16.8 Å². The zero-order valence-electron chi connectivity index (χ0n) is 13.2. The zero-order valence-corrected chi connectivity index (χ0v) is 17.0. The monoisotopic (exact) mass is 447 g/mol. The molecule has 0 atom stereocenters. The molecule has 0 aliphatic rings. The Kier molecular flexibility index (Phi) is 12.3. The van der Waals surface area contributed by atoms with Gasteiger partial charge < -0.3 is 9.47 Å². The molecule has 1 aromatic carbocycles. The Morgan fingerprint density at radius 2 is 1.68 bits per heavy atom. The van der Waals surface area contributed by atoms with Gasteiger partial charge in [-0.3, -0.25) is 10.3 Å². The molecule has 0 amide bonds. The highest BCUT2D eigenvalue weighted by Gasteiger charge is 2.10. The molecular weight excluding hydrogens is 431 g/mol. The van der Waals surface area contributed by atoms with Crippen LogP contribution in [-0.4, -0.2) is 19.8 Å². The van der Waals surface area contributed by atoms with E-state index in [0.717, 1.165) is 19.3 Å². The second kappa shape index (κ2) is 13.7. The van der Waals surface area contributed by atoms with Crippen LogP contribution in [0.4, 0.5) is 0 Å². The summed E-state index contributed by atoms with van der Waals surface area (Å²) < 4.78 is 11.2. The summed E-state index contributed by atoms with van der Waals surface area (Å²) in [7, 11) is 0. The number of hydrogen-bond acceptors (Lipinski definition) is 4. The molecule has 0 unspecified atom stereocenters. The van der Waals surface area contributed by atoms with Gasteiger partial charge in [0.25, 0.3) is 0 Å². The van der Waals surface area contributed by atoms with E-state index in [1.54, 1.807) is 12.1 Å². The number of rotatable bonds is 12. The lowest BCUT2D eigenvalue weighted by molar-refractivity contribution is 0.0677. The number of halogens is 5. The number of hydroxylamine groups is 1. The SMILES string of the molecule is ClC=CNOCCCCCOc1c(Cl)cc(OCC=C(Cl)Cl)cc1Cl. The van der Waals surface area contributed by atoms with Crippen molar-refractivity contribution in [2.45, 2.75) is 19.3 Å². The smallest absolute Gasteiger partial charge is 0.156 e. The average molecular weight is 450 g/mol. The number of nitrogens with one attached hydrogen (secondary N) is 1. The van der Waals surface area contributed by atoms with Crippen molar-refractivity contribution in [1.29, 1.82) is 0 Å². The van der Waals surface area contributed by atoms with Crippen LogP contribution in [0.15, 0.2) is 34.4 Å². The molecule has 0 saturated heterocycles. The molecule has 1 aromatic rings. The van der Waals surface area contributed by atoms with Gasteiger partial charge in [0, 0.05) is 23.9 Å². The molecule has 25 heavy (non-hydrogen) atoms. The fourth-order valence-electron chi connectivity index (χ4n) is 1.72. The van der Waals surface area contributed by atoms with Crippen molar-refractivity contribution in [1.82, 2.24) is 5.48 Å². The van der Waals surface area contributed by atoms with E-state index in [1.165, 1.54) is 17.8 Å².